The standard InChI is InChI=1S/C19H28ClNO4/c1-13(2)12-23-18-14(3)24-19(22)16(21-20)10-7-11-17(18)25-15-8-5-4-6-9-15/h4-6,8-9,13-14,16-18,21H,7,10-12H2,1-3H3/t14-,16-,17-,18-/m0/s1. The van der Waals surface area contributed by atoms with Crippen LogP contribution < -0.4 is 9.57 Å². The fourth-order valence-electron chi connectivity index (χ4n) is 2.89. The maximum atomic E-state index is 12.2. The molecule has 0 unspecified atom stereocenters. The molecule has 0 amide bonds. The molecule has 5 nitrogen and oxygen atoms in total. The van der Waals surface area contributed by atoms with Gasteiger partial charge in [-0.1, -0.05) is 32.0 Å². The normalized spacial score (nSPS) is 28.0. The molecule has 6 heteroatoms. The number of cyclic esters (lactones) is 1. The predicted octanol–water partition coefficient (Wildman–Crippen LogP) is 3.70. The number of rotatable bonds is 6. The van der Waals surface area contributed by atoms with Crippen molar-refractivity contribution < 1.29 is 19.0 Å². The molecule has 1 saturated heterocycles. The molecule has 0 aromatic heterocycles. The van der Waals surface area contributed by atoms with E-state index in [4.69, 9.17) is 26.0 Å². The second-order valence-electron chi connectivity index (χ2n) is 6.90. The number of nitrogens with one attached hydrogen (secondary N) is 1. The van der Waals surface area contributed by atoms with E-state index in [1.165, 1.54) is 0 Å². The maximum Gasteiger partial charge on any atom is 0.324 e. The zero-order chi connectivity index (χ0) is 18.2. The summed E-state index contributed by atoms with van der Waals surface area (Å²) in [4.78, 5) is 14.8. The first kappa shape index (κ1) is 20.0. The lowest BCUT2D eigenvalue weighted by Gasteiger charge is -2.32. The minimum Gasteiger partial charge on any atom is -0.488 e. The Morgan fingerprint density at radius 3 is 2.64 bits per heavy atom. The Morgan fingerprint density at radius 1 is 1.28 bits per heavy atom. The van der Waals surface area contributed by atoms with Gasteiger partial charge in [-0.15, -0.1) is 0 Å². The number of carbonyl (C=O) groups is 1. The minimum absolute atomic E-state index is 0.196. The van der Waals surface area contributed by atoms with E-state index in [-0.39, 0.29) is 18.2 Å². The maximum absolute atomic E-state index is 12.2. The molecule has 1 heterocycles. The third-order valence-corrected chi connectivity index (χ3v) is 4.44. The van der Waals surface area contributed by atoms with E-state index >= 15 is 0 Å². The summed E-state index contributed by atoms with van der Waals surface area (Å²) in [5.74, 6) is 0.821. The molecule has 1 N–H and O–H groups in total. The van der Waals surface area contributed by atoms with Crippen LogP contribution in [-0.2, 0) is 14.3 Å². The van der Waals surface area contributed by atoms with Crippen molar-refractivity contribution in [1.82, 2.24) is 4.84 Å². The van der Waals surface area contributed by atoms with Gasteiger partial charge in [0.05, 0.1) is 0 Å². The van der Waals surface area contributed by atoms with E-state index in [1.54, 1.807) is 0 Å². The molecule has 0 radical (unpaired) electrons. The van der Waals surface area contributed by atoms with E-state index in [0.29, 0.717) is 18.9 Å². The van der Waals surface area contributed by atoms with Gasteiger partial charge in [0.1, 0.15) is 30.1 Å². The summed E-state index contributed by atoms with van der Waals surface area (Å²) in [6.07, 6.45) is 1.18. The van der Waals surface area contributed by atoms with Gasteiger partial charge in [-0.25, -0.2) is 4.84 Å². The van der Waals surface area contributed by atoms with E-state index in [1.807, 2.05) is 37.3 Å². The number of halogens is 1. The molecule has 1 aromatic carbocycles. The van der Waals surface area contributed by atoms with Crippen molar-refractivity contribution in [3.05, 3.63) is 30.3 Å². The van der Waals surface area contributed by atoms with Crippen molar-refractivity contribution in [2.75, 3.05) is 6.61 Å². The molecule has 1 fully saturated rings. The van der Waals surface area contributed by atoms with E-state index in [2.05, 4.69) is 18.7 Å². The van der Waals surface area contributed by atoms with Crippen molar-refractivity contribution >= 4 is 17.7 Å². The van der Waals surface area contributed by atoms with Gasteiger partial charge in [0.2, 0.25) is 0 Å². The summed E-state index contributed by atoms with van der Waals surface area (Å²) in [7, 11) is 0. The van der Waals surface area contributed by atoms with Crippen LogP contribution in [0.2, 0.25) is 0 Å². The molecule has 0 bridgehead atoms. The van der Waals surface area contributed by atoms with Crippen LogP contribution in [0.15, 0.2) is 30.3 Å². The zero-order valence-electron chi connectivity index (χ0n) is 15.1. The van der Waals surface area contributed by atoms with Crippen LogP contribution in [0.5, 0.6) is 5.75 Å². The van der Waals surface area contributed by atoms with Crippen LogP contribution >= 0.6 is 11.8 Å². The fraction of sp³-hybridized carbons (Fsp3) is 0.632. The van der Waals surface area contributed by atoms with E-state index in [9.17, 15) is 4.79 Å². The molecule has 140 valence electrons. The van der Waals surface area contributed by atoms with Crippen molar-refractivity contribution in [2.45, 2.75) is 64.4 Å². The average Bonchev–Trinajstić information content (AvgIpc) is 2.63. The third kappa shape index (κ3) is 6.17. The SMILES string of the molecule is CC(C)CO[C@H]1[C@H](C)OC(=O)[C@@H](NCl)CCC[C@@H]1Oc1ccccc1. The first-order valence-corrected chi connectivity index (χ1v) is 9.29. The van der Waals surface area contributed by atoms with Gasteiger partial charge in [-0.05, 0) is 56.0 Å². The number of carbonyl (C=O) groups excluding carboxylic acids is 1. The van der Waals surface area contributed by atoms with Gasteiger partial charge < -0.3 is 14.2 Å². The molecule has 0 spiro atoms. The van der Waals surface area contributed by atoms with Crippen molar-refractivity contribution in [1.29, 1.82) is 0 Å². The number of hydrogen-bond donors (Lipinski definition) is 1. The Bertz CT molecular complexity index is 525. The highest BCUT2D eigenvalue weighted by Crippen LogP contribution is 2.24. The van der Waals surface area contributed by atoms with Gasteiger partial charge in [-0.3, -0.25) is 4.79 Å². The molecule has 0 aliphatic carbocycles. The van der Waals surface area contributed by atoms with Gasteiger partial charge in [0.25, 0.3) is 0 Å². The lowest BCUT2D eigenvalue weighted by Crippen LogP contribution is -2.45. The van der Waals surface area contributed by atoms with Crippen LogP contribution in [0.4, 0.5) is 0 Å². The van der Waals surface area contributed by atoms with E-state index in [0.717, 1.165) is 18.6 Å². The Morgan fingerprint density at radius 2 is 2.00 bits per heavy atom. The molecular formula is C19H28ClNO4. The molecule has 1 aliphatic heterocycles. The van der Waals surface area contributed by atoms with Crippen LogP contribution in [-0.4, -0.2) is 36.9 Å². The average molecular weight is 370 g/mol. The van der Waals surface area contributed by atoms with Gasteiger partial charge in [0.15, 0.2) is 0 Å². The lowest BCUT2D eigenvalue weighted by atomic mass is 10.0. The molecular weight excluding hydrogens is 342 g/mol. The third-order valence-electron chi connectivity index (χ3n) is 4.18. The number of ether oxygens (including phenoxy) is 3. The summed E-state index contributed by atoms with van der Waals surface area (Å²) < 4.78 is 17.9. The monoisotopic (exact) mass is 369 g/mol. The van der Waals surface area contributed by atoms with Gasteiger partial charge in [-0.2, -0.15) is 0 Å². The topological polar surface area (TPSA) is 56.8 Å². The second-order valence-corrected chi connectivity index (χ2v) is 7.11. The summed E-state index contributed by atoms with van der Waals surface area (Å²) in [5, 5.41) is 0. The smallest absolute Gasteiger partial charge is 0.324 e. The highest BCUT2D eigenvalue weighted by atomic mass is 35.5. The molecule has 4 atom stereocenters. The highest BCUT2D eigenvalue weighted by molar-refractivity contribution is 6.14. The Balaban J connectivity index is 2.18. The molecule has 1 aromatic rings. The molecule has 25 heavy (non-hydrogen) atoms. The quantitative estimate of drug-likeness (QED) is 0.612. The summed E-state index contributed by atoms with van der Waals surface area (Å²) in [6, 6.07) is 9.16. The van der Waals surface area contributed by atoms with Crippen molar-refractivity contribution in [3.8, 4) is 5.75 Å². The van der Waals surface area contributed by atoms with E-state index < -0.39 is 12.1 Å². The zero-order valence-corrected chi connectivity index (χ0v) is 15.9. The van der Waals surface area contributed by atoms with Gasteiger partial charge >= 0.3 is 5.97 Å². The first-order valence-electron chi connectivity index (χ1n) is 8.91. The minimum atomic E-state index is -0.509. The van der Waals surface area contributed by atoms with Gasteiger partial charge in [0, 0.05) is 6.61 Å². The highest BCUT2D eigenvalue weighted by Gasteiger charge is 2.35. The van der Waals surface area contributed by atoms with Crippen LogP contribution in [0.3, 0.4) is 0 Å². The molecule has 1 aliphatic rings. The van der Waals surface area contributed by atoms with Crippen molar-refractivity contribution in [2.24, 2.45) is 5.92 Å². The summed E-state index contributed by atoms with van der Waals surface area (Å²) in [6.45, 7) is 6.61. The Hall–Kier alpha value is -1.30. The van der Waals surface area contributed by atoms with Crippen LogP contribution in [0, 0.1) is 5.92 Å². The van der Waals surface area contributed by atoms with Crippen LogP contribution in [0.25, 0.3) is 0 Å². The van der Waals surface area contributed by atoms with Crippen LogP contribution in [0.1, 0.15) is 40.0 Å². The number of benzene rings is 1. The van der Waals surface area contributed by atoms with Crippen molar-refractivity contribution in [3.63, 3.8) is 0 Å². The number of esters is 1. The summed E-state index contributed by atoms with van der Waals surface area (Å²) >= 11 is 5.69. The largest absolute Gasteiger partial charge is 0.488 e. The molecule has 0 saturated carbocycles. The number of hydrogen-bond acceptors (Lipinski definition) is 5. The fourth-order valence-corrected chi connectivity index (χ4v) is 3.08. The summed E-state index contributed by atoms with van der Waals surface area (Å²) in [5.41, 5.74) is 0. The molecule has 2 rings (SSSR count). The number of para-hydroxylation sites is 1. The lowest BCUT2D eigenvalue weighted by molar-refractivity contribution is -0.163. The first-order chi connectivity index (χ1) is 12.0. The second kappa shape index (κ2) is 10.00. The Labute approximate surface area is 155 Å². The predicted molar refractivity (Wildman–Crippen MR) is 97.6 cm³/mol. The Kier molecular flexibility index (Phi) is 8.00.